The van der Waals surface area contributed by atoms with Crippen molar-refractivity contribution in [3.05, 3.63) is 103 Å². The molecule has 15 heteroatoms. The van der Waals surface area contributed by atoms with Crippen molar-refractivity contribution >= 4 is 50.3 Å². The van der Waals surface area contributed by atoms with Gasteiger partial charge in [0.2, 0.25) is 11.9 Å². The highest BCUT2D eigenvalue weighted by Crippen LogP contribution is 2.10. The van der Waals surface area contributed by atoms with Gasteiger partial charge in [0.15, 0.2) is 0 Å². The third kappa shape index (κ3) is 7.28. The van der Waals surface area contributed by atoms with Crippen molar-refractivity contribution in [3.8, 4) is 0 Å². The topological polar surface area (TPSA) is 107 Å². The molecule has 4 aromatic rings. The molecular weight excluding hydrogens is 487 g/mol. The molecule has 0 unspecified atom stereocenters. The molecule has 4 heterocycles. The maximum Gasteiger partial charge on any atom is 0.490 e. The number of hydrogen-bond donors (Lipinski definition) is 2. The molecule has 1 aliphatic heterocycles. The molecule has 1 fully saturated rings. The summed E-state index contributed by atoms with van der Waals surface area (Å²) in [5, 5.41) is 17.0. The van der Waals surface area contributed by atoms with Gasteiger partial charge in [-0.05, 0) is 53.6 Å². The summed E-state index contributed by atoms with van der Waals surface area (Å²) in [5.41, 5.74) is 2.92. The quantitative estimate of drug-likeness (QED) is 0.283. The van der Waals surface area contributed by atoms with Crippen LogP contribution in [0.3, 0.4) is 0 Å². The van der Waals surface area contributed by atoms with E-state index in [0.717, 1.165) is 18.0 Å². The molecule has 2 N–H and O–H groups in total. The van der Waals surface area contributed by atoms with Gasteiger partial charge in [0.05, 0.1) is 0 Å². The van der Waals surface area contributed by atoms with Crippen LogP contribution in [0.5, 0.6) is 0 Å². The minimum absolute atomic E-state index is 0.182. The summed E-state index contributed by atoms with van der Waals surface area (Å²) in [6.45, 7) is 1.88. The van der Waals surface area contributed by atoms with E-state index in [1.807, 2.05) is 19.1 Å². The number of pyridine rings is 3. The van der Waals surface area contributed by atoms with Gasteiger partial charge in [0.25, 0.3) is 0 Å². The van der Waals surface area contributed by atoms with Crippen LogP contribution in [0.4, 0.5) is 13.2 Å². The Hall–Kier alpha value is -3.48. The van der Waals surface area contributed by atoms with E-state index in [4.69, 9.17) is 23.8 Å². The van der Waals surface area contributed by atoms with Crippen molar-refractivity contribution in [2.24, 2.45) is 0 Å². The van der Waals surface area contributed by atoms with E-state index in [0.29, 0.717) is 16.4 Å². The number of nitrogens with zero attached hydrogens (tertiary/aromatic N) is 3. The summed E-state index contributed by atoms with van der Waals surface area (Å²) in [7, 11) is -3.99. The highest BCUT2D eigenvalue weighted by atomic mass is 19.1. The Bertz CT molecular complexity index is 1160. The van der Waals surface area contributed by atoms with Crippen LogP contribution < -0.4 is 21.9 Å². The lowest BCUT2D eigenvalue weighted by molar-refractivity contribution is 0.308. The lowest BCUT2D eigenvalue weighted by Crippen LogP contribution is -2.61. The van der Waals surface area contributed by atoms with E-state index in [-0.39, 0.29) is 11.3 Å². The lowest BCUT2D eigenvalue weighted by atomic mass is 9.62. The summed E-state index contributed by atoms with van der Waals surface area (Å²) >= 11 is 0. The summed E-state index contributed by atoms with van der Waals surface area (Å²) in [6.07, 6.45) is 4.07. The summed E-state index contributed by atoms with van der Waals surface area (Å²) in [5.74, 6) is -1.59. The molecule has 1 aliphatic rings. The largest absolute Gasteiger partial charge is 0.490 e. The normalized spacial score (nSPS) is 13.2. The fraction of sp³-hybridized carbons (Fsp3) is 0.0455. The molecule has 5 rings (SSSR count). The molecule has 0 aliphatic carbocycles. The molecule has 1 aromatic carbocycles. The first-order chi connectivity index (χ1) is 17.8. The molecule has 0 spiro atoms. The molecule has 184 valence electrons. The summed E-state index contributed by atoms with van der Waals surface area (Å²) in [6, 6.07) is 14.6. The number of halogens is 3. The third-order valence-electron chi connectivity index (χ3n) is 5.16. The molecule has 0 atom stereocenters. The van der Waals surface area contributed by atoms with Crippen LogP contribution in [0.1, 0.15) is 5.69 Å². The standard InChI is InChI=1S/C17H13B3F2N2O3.C5H5BFNO2/c1-12-2-3-14(10-23-12)19-25-18(13-4-7-16(21)8-5-13)26-20(27-19)15-6-9-17(22)24-11-15;7-5-2-1-4(3-8-5)6(9)10/h2-11H,1H3;1-3,9-10H. The van der Waals surface area contributed by atoms with Crippen molar-refractivity contribution < 1.29 is 36.9 Å². The lowest BCUT2D eigenvalue weighted by Gasteiger charge is -2.31. The molecular formula is C22H18B4F3N3O5. The van der Waals surface area contributed by atoms with Gasteiger partial charge >= 0.3 is 28.5 Å². The van der Waals surface area contributed by atoms with Crippen LogP contribution in [0, 0.1) is 24.6 Å². The fourth-order valence-electron chi connectivity index (χ4n) is 3.21. The fourth-order valence-corrected chi connectivity index (χ4v) is 3.21. The van der Waals surface area contributed by atoms with Gasteiger partial charge < -0.3 is 23.8 Å². The van der Waals surface area contributed by atoms with Crippen molar-refractivity contribution in [2.75, 3.05) is 0 Å². The Kier molecular flexibility index (Phi) is 8.74. The zero-order valence-corrected chi connectivity index (χ0v) is 19.4. The molecule has 0 amide bonds. The number of hydrogen-bond acceptors (Lipinski definition) is 8. The molecule has 0 saturated carbocycles. The van der Waals surface area contributed by atoms with E-state index >= 15 is 0 Å². The van der Waals surface area contributed by atoms with Crippen molar-refractivity contribution in [1.29, 1.82) is 0 Å². The van der Waals surface area contributed by atoms with Crippen LogP contribution in [0.25, 0.3) is 0 Å². The van der Waals surface area contributed by atoms with Gasteiger partial charge in [-0.1, -0.05) is 30.3 Å². The minimum Gasteiger partial charge on any atom is -0.445 e. The first kappa shape index (κ1) is 26.6. The second-order valence-electron chi connectivity index (χ2n) is 7.89. The Morgan fingerprint density at radius 2 is 1.11 bits per heavy atom. The first-order valence-corrected chi connectivity index (χ1v) is 11.0. The van der Waals surface area contributed by atoms with Crippen LogP contribution in [-0.2, 0) is 13.7 Å². The van der Waals surface area contributed by atoms with Gasteiger partial charge in [0.1, 0.15) is 5.82 Å². The molecule has 1 saturated heterocycles. The molecule has 8 nitrogen and oxygen atoms in total. The van der Waals surface area contributed by atoms with E-state index in [1.165, 1.54) is 36.5 Å². The minimum atomic E-state index is -1.58. The van der Waals surface area contributed by atoms with E-state index in [2.05, 4.69) is 15.0 Å². The molecule has 0 radical (unpaired) electrons. The van der Waals surface area contributed by atoms with Crippen LogP contribution in [0.15, 0.2) is 79.3 Å². The zero-order valence-electron chi connectivity index (χ0n) is 19.4. The predicted octanol–water partition coefficient (Wildman–Crippen LogP) is -0.487. The second kappa shape index (κ2) is 12.2. The molecule has 3 aromatic heterocycles. The predicted molar refractivity (Wildman–Crippen MR) is 133 cm³/mol. The number of aryl methyl sites for hydroxylation is 1. The average molecular weight is 505 g/mol. The Morgan fingerprint density at radius 3 is 1.57 bits per heavy atom. The summed E-state index contributed by atoms with van der Waals surface area (Å²) in [4.78, 5) is 11.1. The maximum atomic E-state index is 13.3. The van der Waals surface area contributed by atoms with Crippen molar-refractivity contribution in [1.82, 2.24) is 15.0 Å². The van der Waals surface area contributed by atoms with Crippen LogP contribution in [-0.4, -0.2) is 53.5 Å². The van der Waals surface area contributed by atoms with Crippen LogP contribution >= 0.6 is 0 Å². The SMILES string of the molecule is Cc1ccc(B2OB(c3ccc(F)cc3)OB(c3ccc(F)nc3)O2)cn1.OB(O)c1ccc(F)nc1. The van der Waals surface area contributed by atoms with Crippen molar-refractivity contribution in [3.63, 3.8) is 0 Å². The molecule has 37 heavy (non-hydrogen) atoms. The van der Waals surface area contributed by atoms with E-state index in [9.17, 15) is 13.2 Å². The summed E-state index contributed by atoms with van der Waals surface area (Å²) < 4.78 is 56.2. The van der Waals surface area contributed by atoms with E-state index < -0.39 is 40.4 Å². The average Bonchev–Trinajstić information content (AvgIpc) is 2.90. The number of aromatic nitrogens is 3. The highest BCUT2D eigenvalue weighted by Gasteiger charge is 2.43. The Balaban J connectivity index is 0.000000270. The monoisotopic (exact) mass is 505 g/mol. The van der Waals surface area contributed by atoms with Crippen molar-refractivity contribution in [2.45, 2.75) is 6.92 Å². The van der Waals surface area contributed by atoms with Gasteiger partial charge in [-0.15, -0.1) is 0 Å². The molecule has 0 bridgehead atoms. The zero-order chi connectivity index (χ0) is 26.4. The maximum absolute atomic E-state index is 13.3. The van der Waals surface area contributed by atoms with Gasteiger partial charge in [-0.3, -0.25) is 4.98 Å². The van der Waals surface area contributed by atoms with E-state index in [1.54, 1.807) is 18.3 Å². The smallest absolute Gasteiger partial charge is 0.445 e. The third-order valence-corrected chi connectivity index (χ3v) is 5.16. The Labute approximate surface area is 212 Å². The van der Waals surface area contributed by atoms with Gasteiger partial charge in [-0.25, -0.2) is 14.4 Å². The first-order valence-electron chi connectivity index (χ1n) is 11.0. The number of rotatable bonds is 4. The number of benzene rings is 1. The highest BCUT2D eigenvalue weighted by molar-refractivity contribution is 6.87. The van der Waals surface area contributed by atoms with Gasteiger partial charge in [0, 0.05) is 29.7 Å². The Morgan fingerprint density at radius 1 is 0.622 bits per heavy atom. The van der Waals surface area contributed by atoms with Gasteiger partial charge in [-0.2, -0.15) is 8.78 Å². The second-order valence-corrected chi connectivity index (χ2v) is 7.89. The van der Waals surface area contributed by atoms with Crippen LogP contribution in [0.2, 0.25) is 0 Å².